The fraction of sp³-hybridized carbons (Fsp3) is 0.130. The molecule has 1 atom stereocenters. The smallest absolute Gasteiger partial charge is 0.237 e. The largest absolute Gasteiger partial charge is 0.274 e. The number of rotatable bonds is 4. The van der Waals surface area contributed by atoms with Crippen LogP contribution in [0, 0.1) is 5.92 Å². The monoisotopic (exact) mass is 341 g/mol. The zero-order valence-electron chi connectivity index (χ0n) is 14.3. The maximum absolute atomic E-state index is 12.8. The first kappa shape index (κ1) is 16.3. The Morgan fingerprint density at radius 1 is 0.731 bits per heavy atom. The van der Waals surface area contributed by atoms with Crippen molar-refractivity contribution in [2.24, 2.45) is 5.92 Å². The molecule has 0 bridgehead atoms. The van der Waals surface area contributed by atoms with Gasteiger partial charge in [-0.1, -0.05) is 72.8 Å². The molecule has 3 aromatic carbocycles. The maximum atomic E-state index is 12.8. The predicted octanol–water partition coefficient (Wildman–Crippen LogP) is 4.48. The first-order chi connectivity index (χ1) is 12.7. The third-order valence-electron chi connectivity index (χ3n) is 4.80. The van der Waals surface area contributed by atoms with E-state index < -0.39 is 0 Å². The number of carbonyl (C=O) groups excluding carboxylic acids is 2. The summed E-state index contributed by atoms with van der Waals surface area (Å²) >= 11 is 0. The van der Waals surface area contributed by atoms with Crippen LogP contribution in [0.15, 0.2) is 84.9 Å². The Balaban J connectivity index is 1.54. The molecule has 1 aliphatic heterocycles. The second kappa shape index (κ2) is 6.96. The highest BCUT2D eigenvalue weighted by atomic mass is 16.2. The quantitative estimate of drug-likeness (QED) is 0.656. The van der Waals surface area contributed by atoms with Gasteiger partial charge >= 0.3 is 0 Å². The number of hydrogen-bond donors (Lipinski definition) is 0. The van der Waals surface area contributed by atoms with E-state index in [0.29, 0.717) is 12.1 Å². The fourth-order valence-electron chi connectivity index (χ4n) is 3.46. The molecular formula is C23H19NO2. The molecule has 128 valence electrons. The van der Waals surface area contributed by atoms with Crippen molar-refractivity contribution >= 4 is 17.5 Å². The average molecular weight is 341 g/mol. The van der Waals surface area contributed by atoms with Crippen LogP contribution >= 0.6 is 0 Å². The minimum absolute atomic E-state index is 0.105. The van der Waals surface area contributed by atoms with Gasteiger partial charge in [0.15, 0.2) is 0 Å². The van der Waals surface area contributed by atoms with E-state index in [1.807, 2.05) is 84.9 Å². The number of benzene rings is 3. The summed E-state index contributed by atoms with van der Waals surface area (Å²) in [4.78, 5) is 26.6. The van der Waals surface area contributed by atoms with Crippen LogP contribution in [0.4, 0.5) is 5.69 Å². The molecule has 1 aliphatic rings. The number of amides is 2. The van der Waals surface area contributed by atoms with Crippen molar-refractivity contribution in [3.05, 3.63) is 90.5 Å². The highest BCUT2D eigenvalue weighted by molar-refractivity contribution is 6.21. The van der Waals surface area contributed by atoms with E-state index in [1.54, 1.807) is 0 Å². The van der Waals surface area contributed by atoms with E-state index in [-0.39, 0.29) is 24.2 Å². The maximum Gasteiger partial charge on any atom is 0.237 e. The molecule has 1 unspecified atom stereocenters. The zero-order valence-corrected chi connectivity index (χ0v) is 14.3. The van der Waals surface area contributed by atoms with Crippen LogP contribution in [-0.2, 0) is 16.0 Å². The molecule has 4 rings (SSSR count). The topological polar surface area (TPSA) is 37.4 Å². The van der Waals surface area contributed by atoms with Gasteiger partial charge < -0.3 is 0 Å². The van der Waals surface area contributed by atoms with Gasteiger partial charge in [0, 0.05) is 6.42 Å². The molecule has 3 heteroatoms. The molecule has 3 nitrogen and oxygen atoms in total. The lowest BCUT2D eigenvalue weighted by molar-refractivity contribution is -0.122. The van der Waals surface area contributed by atoms with E-state index in [1.165, 1.54) is 4.90 Å². The molecule has 0 aliphatic carbocycles. The molecule has 3 aromatic rings. The van der Waals surface area contributed by atoms with E-state index in [2.05, 4.69) is 0 Å². The summed E-state index contributed by atoms with van der Waals surface area (Å²) in [7, 11) is 0. The molecule has 1 fully saturated rings. The molecule has 0 saturated carbocycles. The van der Waals surface area contributed by atoms with Crippen molar-refractivity contribution in [1.29, 1.82) is 0 Å². The minimum Gasteiger partial charge on any atom is -0.274 e. The van der Waals surface area contributed by atoms with Gasteiger partial charge in [0.1, 0.15) is 0 Å². The van der Waals surface area contributed by atoms with Crippen LogP contribution in [0.1, 0.15) is 12.0 Å². The van der Waals surface area contributed by atoms with Gasteiger partial charge in [0.05, 0.1) is 11.6 Å². The normalized spacial score (nSPS) is 16.9. The number of anilines is 1. The minimum atomic E-state index is -0.279. The van der Waals surface area contributed by atoms with Gasteiger partial charge in [0.2, 0.25) is 11.8 Å². The lowest BCUT2D eigenvalue weighted by atomic mass is 9.98. The van der Waals surface area contributed by atoms with Gasteiger partial charge in [-0.2, -0.15) is 0 Å². The summed E-state index contributed by atoms with van der Waals surface area (Å²) in [5.74, 6) is -0.506. The van der Waals surface area contributed by atoms with Crippen molar-refractivity contribution in [2.45, 2.75) is 12.8 Å². The van der Waals surface area contributed by atoms with Crippen molar-refractivity contribution < 1.29 is 9.59 Å². The molecule has 0 N–H and O–H groups in total. The Bertz CT molecular complexity index is 917. The Morgan fingerprint density at radius 2 is 1.31 bits per heavy atom. The summed E-state index contributed by atoms with van der Waals surface area (Å²) < 4.78 is 0. The number of hydrogen-bond acceptors (Lipinski definition) is 2. The van der Waals surface area contributed by atoms with E-state index >= 15 is 0 Å². The number of carbonyl (C=O) groups is 2. The van der Waals surface area contributed by atoms with Gasteiger partial charge in [-0.15, -0.1) is 0 Å². The Kier molecular flexibility index (Phi) is 4.36. The first-order valence-corrected chi connectivity index (χ1v) is 8.78. The van der Waals surface area contributed by atoms with Gasteiger partial charge in [0.25, 0.3) is 0 Å². The summed E-state index contributed by atoms with van der Waals surface area (Å²) in [6.07, 6.45) is 0.873. The Hall–Kier alpha value is -3.20. The first-order valence-electron chi connectivity index (χ1n) is 8.78. The van der Waals surface area contributed by atoms with Gasteiger partial charge in [-0.25, -0.2) is 0 Å². The molecule has 1 saturated heterocycles. The second-order valence-electron chi connectivity index (χ2n) is 6.57. The predicted molar refractivity (Wildman–Crippen MR) is 103 cm³/mol. The highest BCUT2D eigenvalue weighted by Gasteiger charge is 2.39. The third kappa shape index (κ3) is 3.16. The molecule has 26 heavy (non-hydrogen) atoms. The molecule has 0 radical (unpaired) electrons. The molecular weight excluding hydrogens is 322 g/mol. The third-order valence-corrected chi connectivity index (χ3v) is 4.80. The molecule has 2 amide bonds. The molecule has 1 heterocycles. The zero-order chi connectivity index (χ0) is 17.9. The standard InChI is InChI=1S/C23H19NO2/c25-22-16-20(15-17-7-3-1-4-8-17)23(26)24(22)21-13-11-19(12-14-21)18-9-5-2-6-10-18/h1-14,20H,15-16H2. The van der Waals surface area contributed by atoms with Crippen LogP contribution in [0.3, 0.4) is 0 Å². The van der Waals surface area contributed by atoms with Crippen molar-refractivity contribution in [3.8, 4) is 11.1 Å². The van der Waals surface area contributed by atoms with E-state index in [9.17, 15) is 9.59 Å². The van der Waals surface area contributed by atoms with Crippen LogP contribution in [0.5, 0.6) is 0 Å². The van der Waals surface area contributed by atoms with E-state index in [4.69, 9.17) is 0 Å². The second-order valence-corrected chi connectivity index (χ2v) is 6.57. The summed E-state index contributed by atoms with van der Waals surface area (Å²) in [5.41, 5.74) is 3.91. The number of nitrogens with zero attached hydrogens (tertiary/aromatic N) is 1. The lowest BCUT2D eigenvalue weighted by Crippen LogP contribution is -2.30. The van der Waals surface area contributed by atoms with Crippen LogP contribution in [-0.4, -0.2) is 11.8 Å². The van der Waals surface area contributed by atoms with Crippen LogP contribution in [0.25, 0.3) is 11.1 Å². The van der Waals surface area contributed by atoms with Crippen LogP contribution < -0.4 is 4.90 Å². The van der Waals surface area contributed by atoms with Gasteiger partial charge in [-0.3, -0.25) is 14.5 Å². The average Bonchev–Trinajstić information content (AvgIpc) is 2.97. The lowest BCUT2D eigenvalue weighted by Gasteiger charge is -2.16. The van der Waals surface area contributed by atoms with Crippen molar-refractivity contribution in [3.63, 3.8) is 0 Å². The summed E-state index contributed by atoms with van der Waals surface area (Å²) in [6, 6.07) is 27.5. The molecule has 0 aromatic heterocycles. The Morgan fingerprint density at radius 3 is 1.96 bits per heavy atom. The van der Waals surface area contributed by atoms with Crippen molar-refractivity contribution in [2.75, 3.05) is 4.90 Å². The fourth-order valence-corrected chi connectivity index (χ4v) is 3.46. The molecule has 0 spiro atoms. The van der Waals surface area contributed by atoms with E-state index in [0.717, 1.165) is 16.7 Å². The Labute approximate surface area is 152 Å². The summed E-state index contributed by atoms with van der Waals surface area (Å²) in [6.45, 7) is 0. The van der Waals surface area contributed by atoms with Crippen molar-refractivity contribution in [1.82, 2.24) is 0 Å². The SMILES string of the molecule is O=C1CC(Cc2ccccc2)C(=O)N1c1ccc(-c2ccccc2)cc1. The summed E-state index contributed by atoms with van der Waals surface area (Å²) in [5, 5.41) is 0. The number of imide groups is 1. The van der Waals surface area contributed by atoms with Gasteiger partial charge in [-0.05, 0) is 35.2 Å². The van der Waals surface area contributed by atoms with Crippen LogP contribution in [0.2, 0.25) is 0 Å². The highest BCUT2D eigenvalue weighted by Crippen LogP contribution is 2.30.